The van der Waals surface area contributed by atoms with Gasteiger partial charge in [-0.2, -0.15) is 0 Å². The smallest absolute Gasteiger partial charge is 0.355 e. The molecule has 2 aromatic heterocycles. The molecule has 1 amide bonds. The van der Waals surface area contributed by atoms with Crippen molar-refractivity contribution in [2.45, 2.75) is 6.54 Å². The third-order valence-corrected chi connectivity index (χ3v) is 4.44. The van der Waals surface area contributed by atoms with Crippen molar-refractivity contribution < 1.29 is 14.7 Å². The fourth-order valence-electron chi connectivity index (χ4n) is 1.17. The molecule has 0 aliphatic heterocycles. The number of hydrogen-bond acceptors (Lipinski definition) is 5. The Morgan fingerprint density at radius 3 is 2.78 bits per heavy atom. The molecule has 2 N–H and O–H groups in total. The highest BCUT2D eigenvalue weighted by atomic mass is 79.9. The number of rotatable bonds is 4. The summed E-state index contributed by atoms with van der Waals surface area (Å²) in [5, 5.41) is 13.4. The first-order valence-corrected chi connectivity index (χ1v) is 7.26. The summed E-state index contributed by atoms with van der Waals surface area (Å²) in [6, 6.07) is 3.51. The topological polar surface area (TPSA) is 79.3 Å². The molecule has 0 aliphatic rings. The van der Waals surface area contributed by atoms with E-state index in [1.54, 1.807) is 12.1 Å². The number of nitrogens with zero attached hydrogens (tertiary/aromatic N) is 1. The van der Waals surface area contributed by atoms with Crippen LogP contribution in [-0.4, -0.2) is 22.0 Å². The third-order valence-electron chi connectivity index (χ3n) is 1.97. The zero-order valence-electron chi connectivity index (χ0n) is 8.84. The molecule has 0 bridgehead atoms. The van der Waals surface area contributed by atoms with Gasteiger partial charge in [-0.15, -0.1) is 22.7 Å². The molecule has 0 saturated carbocycles. The van der Waals surface area contributed by atoms with Gasteiger partial charge in [0.15, 0.2) is 5.69 Å². The fourth-order valence-corrected chi connectivity index (χ4v) is 3.18. The summed E-state index contributed by atoms with van der Waals surface area (Å²) in [7, 11) is 0. The number of aromatic nitrogens is 1. The van der Waals surface area contributed by atoms with E-state index >= 15 is 0 Å². The Bertz CT molecular complexity index is 593. The normalized spacial score (nSPS) is 10.3. The second kappa shape index (κ2) is 5.59. The van der Waals surface area contributed by atoms with Crippen LogP contribution in [-0.2, 0) is 6.54 Å². The van der Waals surface area contributed by atoms with Crippen molar-refractivity contribution in [3.05, 3.63) is 36.9 Å². The van der Waals surface area contributed by atoms with E-state index in [9.17, 15) is 9.59 Å². The van der Waals surface area contributed by atoms with Crippen LogP contribution in [0.15, 0.2) is 21.3 Å². The zero-order valence-corrected chi connectivity index (χ0v) is 12.1. The first-order valence-electron chi connectivity index (χ1n) is 4.77. The summed E-state index contributed by atoms with van der Waals surface area (Å²) in [6.45, 7) is 0.228. The third kappa shape index (κ3) is 3.15. The number of carboxylic acid groups (broad SMARTS) is 1. The molecule has 8 heteroatoms. The zero-order chi connectivity index (χ0) is 13.1. The number of amides is 1. The molecule has 18 heavy (non-hydrogen) atoms. The molecule has 0 unspecified atom stereocenters. The molecule has 2 rings (SSSR count). The molecule has 0 spiro atoms. The van der Waals surface area contributed by atoms with E-state index in [2.05, 4.69) is 26.2 Å². The summed E-state index contributed by atoms with van der Waals surface area (Å²) < 4.78 is 0.884. The average Bonchev–Trinajstić information content (AvgIpc) is 2.94. The van der Waals surface area contributed by atoms with E-state index in [1.165, 1.54) is 28.1 Å². The molecular formula is C10H7BrN2O3S2. The van der Waals surface area contributed by atoms with Gasteiger partial charge in [0.25, 0.3) is 5.91 Å². The highest BCUT2D eigenvalue weighted by molar-refractivity contribution is 9.11. The minimum absolute atomic E-state index is 0.00289. The van der Waals surface area contributed by atoms with Gasteiger partial charge in [-0.3, -0.25) is 4.79 Å². The maximum Gasteiger partial charge on any atom is 0.355 e. The number of thiophene rings is 1. The Morgan fingerprint density at radius 1 is 1.44 bits per heavy atom. The number of carboxylic acids is 1. The minimum atomic E-state index is -1.06. The van der Waals surface area contributed by atoms with E-state index in [0.717, 1.165) is 3.79 Å². The monoisotopic (exact) mass is 346 g/mol. The van der Waals surface area contributed by atoms with Gasteiger partial charge in [0, 0.05) is 5.38 Å². The van der Waals surface area contributed by atoms with Gasteiger partial charge >= 0.3 is 5.97 Å². The lowest BCUT2D eigenvalue weighted by Gasteiger charge is -1.99. The number of nitrogens with one attached hydrogen (secondary N) is 1. The Balaban J connectivity index is 1.95. The van der Waals surface area contributed by atoms with Crippen LogP contribution in [0.1, 0.15) is 25.2 Å². The molecule has 0 saturated heterocycles. The summed E-state index contributed by atoms with van der Waals surface area (Å²) in [4.78, 5) is 26.8. The molecule has 94 valence electrons. The molecule has 2 heterocycles. The van der Waals surface area contributed by atoms with E-state index in [4.69, 9.17) is 5.11 Å². The lowest BCUT2D eigenvalue weighted by atomic mass is 10.4. The van der Waals surface area contributed by atoms with Crippen molar-refractivity contribution in [3.8, 4) is 0 Å². The Hall–Kier alpha value is -1.25. The van der Waals surface area contributed by atoms with E-state index in [1.807, 2.05) is 0 Å². The lowest BCUT2D eigenvalue weighted by Crippen LogP contribution is -2.21. The number of halogens is 1. The van der Waals surface area contributed by atoms with Crippen LogP contribution >= 0.6 is 38.6 Å². The van der Waals surface area contributed by atoms with Crippen LogP contribution in [0.2, 0.25) is 0 Å². The van der Waals surface area contributed by atoms with Gasteiger partial charge in [-0.1, -0.05) is 0 Å². The second-order valence-electron chi connectivity index (χ2n) is 3.22. The summed E-state index contributed by atoms with van der Waals surface area (Å²) in [5.41, 5.74) is 0.00289. The molecule has 5 nitrogen and oxygen atoms in total. The number of hydrogen-bond donors (Lipinski definition) is 2. The predicted molar refractivity (Wildman–Crippen MR) is 72.3 cm³/mol. The molecule has 0 atom stereocenters. The SMILES string of the molecule is O=C(O)c1csc(CNC(=O)c2ccc(Br)s2)n1. The Labute approximate surface area is 119 Å². The van der Waals surface area contributed by atoms with Crippen molar-refractivity contribution in [3.63, 3.8) is 0 Å². The van der Waals surface area contributed by atoms with Crippen LogP contribution in [0.5, 0.6) is 0 Å². The second-order valence-corrected chi connectivity index (χ2v) is 6.62. The highest BCUT2D eigenvalue weighted by Crippen LogP contribution is 2.22. The van der Waals surface area contributed by atoms with Gasteiger partial charge in [0.1, 0.15) is 5.01 Å². The van der Waals surface area contributed by atoms with Crippen LogP contribution in [0.25, 0.3) is 0 Å². The van der Waals surface area contributed by atoms with Gasteiger partial charge in [0.2, 0.25) is 0 Å². The van der Waals surface area contributed by atoms with Crippen LogP contribution in [0.3, 0.4) is 0 Å². The summed E-state index contributed by atoms with van der Waals surface area (Å²) in [5.74, 6) is -1.26. The van der Waals surface area contributed by atoms with Crippen molar-refractivity contribution in [1.82, 2.24) is 10.3 Å². The van der Waals surface area contributed by atoms with Crippen molar-refractivity contribution in [2.75, 3.05) is 0 Å². The van der Waals surface area contributed by atoms with Crippen LogP contribution in [0, 0.1) is 0 Å². The van der Waals surface area contributed by atoms with Crippen molar-refractivity contribution >= 4 is 50.5 Å². The molecular weight excluding hydrogens is 340 g/mol. The average molecular weight is 347 g/mol. The number of carbonyl (C=O) groups excluding carboxylic acids is 1. The molecule has 0 radical (unpaired) electrons. The number of thiazole rings is 1. The van der Waals surface area contributed by atoms with Crippen molar-refractivity contribution in [1.29, 1.82) is 0 Å². The largest absolute Gasteiger partial charge is 0.476 e. The van der Waals surface area contributed by atoms with Crippen LogP contribution in [0.4, 0.5) is 0 Å². The molecule has 0 aliphatic carbocycles. The quantitative estimate of drug-likeness (QED) is 0.891. The van der Waals surface area contributed by atoms with E-state index in [-0.39, 0.29) is 18.1 Å². The maximum atomic E-state index is 11.7. The van der Waals surface area contributed by atoms with Crippen molar-refractivity contribution in [2.24, 2.45) is 0 Å². The first-order chi connectivity index (χ1) is 8.56. The fraction of sp³-hybridized carbons (Fsp3) is 0.100. The summed E-state index contributed by atoms with van der Waals surface area (Å²) in [6.07, 6.45) is 0. The Kier molecular flexibility index (Phi) is 4.10. The number of aromatic carboxylic acids is 1. The highest BCUT2D eigenvalue weighted by Gasteiger charge is 2.11. The Morgan fingerprint density at radius 2 is 2.22 bits per heavy atom. The van der Waals surface area contributed by atoms with E-state index in [0.29, 0.717) is 9.88 Å². The number of carbonyl (C=O) groups is 2. The standard InChI is InChI=1S/C10H7BrN2O3S2/c11-7-2-1-6(18-7)9(14)12-3-8-13-5(4-17-8)10(15)16/h1-2,4H,3H2,(H,12,14)(H,15,16). The lowest BCUT2D eigenvalue weighted by molar-refractivity contribution is 0.0691. The molecule has 2 aromatic rings. The molecule has 0 aromatic carbocycles. The van der Waals surface area contributed by atoms with Gasteiger partial charge in [-0.05, 0) is 28.1 Å². The van der Waals surface area contributed by atoms with Crippen LogP contribution < -0.4 is 5.32 Å². The van der Waals surface area contributed by atoms with Gasteiger partial charge in [-0.25, -0.2) is 9.78 Å². The molecule has 0 fully saturated rings. The maximum absolute atomic E-state index is 11.7. The van der Waals surface area contributed by atoms with Gasteiger partial charge in [0.05, 0.1) is 15.2 Å². The summed E-state index contributed by atoms with van der Waals surface area (Å²) >= 11 is 5.82. The van der Waals surface area contributed by atoms with E-state index < -0.39 is 5.97 Å². The van der Waals surface area contributed by atoms with Gasteiger partial charge < -0.3 is 10.4 Å². The minimum Gasteiger partial charge on any atom is -0.476 e. The first kappa shape index (κ1) is 13.2. The predicted octanol–water partition coefficient (Wildman–Crippen LogP) is 2.60.